The van der Waals surface area contributed by atoms with Crippen molar-refractivity contribution in [1.82, 2.24) is 14.7 Å². The number of carbonyl (C=O) groups is 15. The molecule has 0 saturated heterocycles. The Kier molecular flexibility index (Phi) is 153. The third-order valence-corrected chi connectivity index (χ3v) is 22.0. The summed E-state index contributed by atoms with van der Waals surface area (Å²) in [4.78, 5) is 169. The Morgan fingerprint density at radius 1 is 0.193 bits per heavy atom. The summed E-state index contributed by atoms with van der Waals surface area (Å²) in [5.74, 6) is 7.24. The molecule has 0 aromatic rings. The highest BCUT2D eigenvalue weighted by Gasteiger charge is 2.16. The van der Waals surface area contributed by atoms with Crippen LogP contribution in [0.2, 0.25) is 0 Å². The number of hydrogen-bond acceptors (Lipinski definition) is 20. The van der Waals surface area contributed by atoms with Crippen LogP contribution in [0.25, 0.3) is 0 Å². The van der Waals surface area contributed by atoms with Crippen molar-refractivity contribution in [2.75, 3.05) is 110 Å². The van der Waals surface area contributed by atoms with Crippen LogP contribution in [-0.2, 0) is 95.6 Å². The topological polar surface area (TPSA) is 338 Å². The molecule has 0 spiro atoms. The van der Waals surface area contributed by atoms with Crippen LogP contribution in [0.15, 0.2) is 0 Å². The predicted octanol–water partition coefficient (Wildman–Crippen LogP) is 29.2. The third kappa shape index (κ3) is 156. The summed E-state index contributed by atoms with van der Waals surface area (Å²) < 4.78 is 24.3. The average Bonchev–Trinajstić information content (AvgIpc) is 0.949. The lowest BCUT2D eigenvalue weighted by molar-refractivity contribution is -0.133. The van der Waals surface area contributed by atoms with Gasteiger partial charge in [0.25, 0.3) is 0 Å². The first kappa shape index (κ1) is 172. The SMILES string of the molecule is CC(C)C(=O)N(C)C.CC(C)C(N)=O.CCC(=O)C(C)C.CCCC(=O)C(C)C.CCCCC(=O)C(C)C.CCCCCC(=O)C(C)C.CCCCCCC(=O)C(C)C.CCCCCCCC(=O)C(C)C.CCCN(C)C(=O)C(C)C.CCN(C)C(=O)C(C)C.COCCC(=O)C(C)C.COCCCC(=O)C(C)C.COCCCCC(=O)C(C)C.COCCCCCC(=O)C(C)C.COCCCCCCC(=O)C(C)C. The first-order valence-corrected chi connectivity index (χ1v) is 56.6. The van der Waals surface area contributed by atoms with Crippen LogP contribution in [0.3, 0.4) is 0 Å². The third-order valence-electron chi connectivity index (χ3n) is 22.0. The van der Waals surface area contributed by atoms with Crippen molar-refractivity contribution in [3.8, 4) is 0 Å². The Bertz CT molecular complexity index is 2830. The highest BCUT2D eigenvalue weighted by atomic mass is 16.5. The van der Waals surface area contributed by atoms with Crippen molar-refractivity contribution in [3.05, 3.63) is 0 Å². The monoisotopic (exact) mass is 2080 g/mol. The van der Waals surface area contributed by atoms with E-state index in [-0.39, 0.29) is 118 Å². The fourth-order valence-corrected chi connectivity index (χ4v) is 10.8. The molecule has 4 amide bonds. The van der Waals surface area contributed by atoms with Gasteiger partial charge in [0, 0.05) is 263 Å². The number of nitrogens with two attached hydrogens (primary N) is 1. The summed E-state index contributed by atoms with van der Waals surface area (Å²) in [6.45, 7) is 79.8. The van der Waals surface area contributed by atoms with E-state index in [2.05, 4.69) is 34.6 Å². The molecule has 24 heteroatoms. The molecule has 2 N–H and O–H groups in total. The van der Waals surface area contributed by atoms with Crippen LogP contribution in [0, 0.1) is 88.8 Å². The lowest BCUT2D eigenvalue weighted by Crippen LogP contribution is -2.30. The van der Waals surface area contributed by atoms with E-state index in [4.69, 9.17) is 29.4 Å². The van der Waals surface area contributed by atoms with E-state index >= 15 is 0 Å². The van der Waals surface area contributed by atoms with Crippen LogP contribution in [0.1, 0.15) is 501 Å². The summed E-state index contributed by atoms with van der Waals surface area (Å²) in [5.41, 5.74) is 4.80. The molecular formula is C121H246N4O20. The first-order valence-electron chi connectivity index (χ1n) is 56.6. The van der Waals surface area contributed by atoms with E-state index in [1.54, 1.807) is 78.2 Å². The van der Waals surface area contributed by atoms with Gasteiger partial charge < -0.3 is 44.1 Å². The van der Waals surface area contributed by atoms with Gasteiger partial charge >= 0.3 is 0 Å². The van der Waals surface area contributed by atoms with Crippen molar-refractivity contribution >= 4 is 87.2 Å². The summed E-state index contributed by atoms with van der Waals surface area (Å²) in [6.07, 6.45) is 37.2. The second-order valence-corrected chi connectivity index (χ2v) is 42.1. The molecule has 145 heavy (non-hydrogen) atoms. The highest BCUT2D eigenvalue weighted by molar-refractivity contribution is 5.85. The molecule has 0 fully saturated rings. The Morgan fingerprint density at radius 2 is 0.386 bits per heavy atom. The number of carbonyl (C=O) groups excluding carboxylic acids is 15. The van der Waals surface area contributed by atoms with Crippen LogP contribution in [0.4, 0.5) is 0 Å². The van der Waals surface area contributed by atoms with Crippen LogP contribution in [-0.4, -0.2) is 212 Å². The zero-order valence-electron chi connectivity index (χ0n) is 104. The first-order chi connectivity index (χ1) is 67.4. The fraction of sp³-hybridized carbons (Fsp3) is 0.876. The van der Waals surface area contributed by atoms with Gasteiger partial charge in [-0.15, -0.1) is 0 Å². The van der Waals surface area contributed by atoms with Crippen molar-refractivity contribution in [2.45, 2.75) is 501 Å². The molecule has 24 nitrogen and oxygen atoms in total. The quantitative estimate of drug-likeness (QED) is 0.0553. The lowest BCUT2D eigenvalue weighted by atomic mass is 10.0. The number of ketones is 11. The number of methoxy groups -OCH3 is 5. The minimum Gasteiger partial charge on any atom is -0.385 e. The zero-order valence-corrected chi connectivity index (χ0v) is 104. The molecule has 0 unspecified atom stereocenters. The molecule has 0 bridgehead atoms. The Hall–Kier alpha value is -5.95. The van der Waals surface area contributed by atoms with Gasteiger partial charge in [-0.2, -0.15) is 0 Å². The summed E-state index contributed by atoms with van der Waals surface area (Å²) >= 11 is 0. The second-order valence-electron chi connectivity index (χ2n) is 42.1. The number of ether oxygens (including phenoxy) is 5. The summed E-state index contributed by atoms with van der Waals surface area (Å²) in [7, 11) is 15.6. The van der Waals surface area contributed by atoms with Gasteiger partial charge in [0.15, 0.2) is 0 Å². The maximum atomic E-state index is 11.2. The maximum Gasteiger partial charge on any atom is 0.224 e. The number of Topliss-reactive ketones (excluding diaryl/α,β-unsaturated/α-hetero) is 11. The molecule has 0 saturated carbocycles. The van der Waals surface area contributed by atoms with E-state index < -0.39 is 0 Å². The van der Waals surface area contributed by atoms with Crippen LogP contribution >= 0.6 is 0 Å². The van der Waals surface area contributed by atoms with E-state index in [0.29, 0.717) is 96.7 Å². The number of rotatable bonds is 64. The molecule has 0 aliphatic rings. The van der Waals surface area contributed by atoms with Crippen LogP contribution < -0.4 is 5.73 Å². The van der Waals surface area contributed by atoms with E-state index in [1.165, 1.54) is 64.2 Å². The summed E-state index contributed by atoms with van der Waals surface area (Å²) in [6, 6.07) is 0. The number of unbranched alkanes of at least 4 members (excludes halogenated alkanes) is 16. The average molecular weight is 2080 g/mol. The van der Waals surface area contributed by atoms with Crippen molar-refractivity contribution in [3.63, 3.8) is 0 Å². The minimum atomic E-state index is -0.241. The van der Waals surface area contributed by atoms with Gasteiger partial charge in [-0.3, -0.25) is 71.9 Å². The molecule has 0 aromatic carbocycles. The Labute approximate surface area is 897 Å². The fourth-order valence-electron chi connectivity index (χ4n) is 10.8. The van der Waals surface area contributed by atoms with E-state index in [0.717, 1.165) is 181 Å². The lowest BCUT2D eigenvalue weighted by Gasteiger charge is -2.17. The second kappa shape index (κ2) is 129. The largest absolute Gasteiger partial charge is 0.385 e. The Morgan fingerprint density at radius 3 is 0.579 bits per heavy atom. The van der Waals surface area contributed by atoms with Gasteiger partial charge in [0.2, 0.25) is 23.6 Å². The van der Waals surface area contributed by atoms with Gasteiger partial charge in [-0.05, 0) is 90.4 Å². The molecular weight excluding hydrogens is 1830 g/mol. The smallest absolute Gasteiger partial charge is 0.224 e. The van der Waals surface area contributed by atoms with Gasteiger partial charge in [-0.25, -0.2) is 0 Å². The molecule has 0 aliphatic heterocycles. The number of primary amides is 1. The van der Waals surface area contributed by atoms with Crippen molar-refractivity contribution in [2.24, 2.45) is 94.5 Å². The van der Waals surface area contributed by atoms with Gasteiger partial charge in [0.05, 0.1) is 6.61 Å². The molecule has 0 rings (SSSR count). The molecule has 0 aromatic heterocycles. The minimum absolute atomic E-state index is 0.00926. The molecule has 0 heterocycles. The van der Waals surface area contributed by atoms with E-state index in [9.17, 15) is 71.9 Å². The van der Waals surface area contributed by atoms with Crippen LogP contribution in [0.5, 0.6) is 0 Å². The van der Waals surface area contributed by atoms with Crippen molar-refractivity contribution < 1.29 is 95.6 Å². The maximum absolute atomic E-state index is 11.2. The molecule has 0 aliphatic carbocycles. The molecule has 0 radical (unpaired) electrons. The van der Waals surface area contributed by atoms with Gasteiger partial charge in [-0.1, -0.05) is 340 Å². The van der Waals surface area contributed by atoms with Gasteiger partial charge in [0.1, 0.15) is 63.6 Å². The van der Waals surface area contributed by atoms with Crippen molar-refractivity contribution in [1.29, 1.82) is 0 Å². The number of hydrogen-bond donors (Lipinski definition) is 1. The molecule has 870 valence electrons. The number of nitrogens with zero attached hydrogens (tertiary/aromatic N) is 3. The number of amides is 4. The zero-order chi connectivity index (χ0) is 117. The standard InChI is InChI=1S/C11H22O2.C11H22O.C10H20O2.C10H20O.C9H18O2.C9H18O.C8H17NO.C8H16O2.C8H16O.C7H15NO.C7H14O2.C7H14O.C6H13NO.C6H12O.C4H9NO/c1-10(2)11(12)8-6-4-5-7-9-13-3;1-4-5-6-7-8-9-11(12)10(2)3;1-9(2)10(11)7-5-4-6-8-12-3;1-4-5-6-7-8-10(11)9(2)3;1-8(2)9(10)6-4-5-7-11-3;1-4-5-6-7-9(10)8(2)3;1-5-6-9(4)8(10)7(2)3;1-7(2)8(9)5-4-6-10-3;1-4-5-6-8(9)7(2)3;1-5-8(4)7(9)6(2)3;1-6(2)7(8)4-5-9-3;1-4-5-7(8)6(2)3;1-5(2)6(8)7(3)4;1-4-6(7)5(2)3;1-3(2)4(5)6/h10H,4-9H2,1-3H3;10H,4-9H2,1-3H3;9H,4-8H2,1-3H3;9H,4-8H2,1-3H3;8H,4-7H2,1-3H3;8H,4-7H2,1-3H3;7H,5-6H2,1-4H3;7H,4-6H2,1-3H3;7H,4-6H2,1-3H3;6H,5H2,1-4H3;6H,4-5H2,1-3H3;6H,4-5H2,1-3H3;5H,1-4H3;5H,4H2,1-3H3;3H,1-2H3,(H2,5,6). The highest BCUT2D eigenvalue weighted by Crippen LogP contribution is 2.14. The Balaban J connectivity index is -0.0000000964. The van der Waals surface area contributed by atoms with E-state index in [1.807, 2.05) is 229 Å². The predicted molar refractivity (Wildman–Crippen MR) is 616 cm³/mol. The normalized spacial score (nSPS) is 10.3. The molecule has 0 atom stereocenters. The summed E-state index contributed by atoms with van der Waals surface area (Å²) in [5, 5.41) is 0.